The van der Waals surface area contributed by atoms with Crippen LogP contribution in [-0.4, -0.2) is 9.78 Å². The molecule has 0 bridgehead atoms. The summed E-state index contributed by atoms with van der Waals surface area (Å²) in [5.74, 6) is -0.324. The standard InChI is InChI=1S/C16H16FN3O/c1-2-3-10-20-16(21)13(8-9-18)11-15(19-20)12-4-6-14(17)7-5-12/h4-7,11H,2-3,8,10H2,1H3. The molecular formula is C16H16FN3O. The van der Waals surface area contributed by atoms with E-state index in [2.05, 4.69) is 5.10 Å². The number of rotatable bonds is 5. The van der Waals surface area contributed by atoms with Gasteiger partial charge in [-0.05, 0) is 36.8 Å². The Kier molecular flexibility index (Phi) is 4.83. The number of aryl methyl sites for hydroxylation is 1. The van der Waals surface area contributed by atoms with E-state index in [-0.39, 0.29) is 17.8 Å². The highest BCUT2D eigenvalue weighted by Crippen LogP contribution is 2.17. The van der Waals surface area contributed by atoms with Gasteiger partial charge in [-0.2, -0.15) is 10.4 Å². The number of aromatic nitrogens is 2. The van der Waals surface area contributed by atoms with Crippen molar-refractivity contribution in [2.75, 3.05) is 0 Å². The summed E-state index contributed by atoms with van der Waals surface area (Å²) in [4.78, 5) is 12.2. The average molecular weight is 285 g/mol. The minimum atomic E-state index is -0.324. The molecule has 0 radical (unpaired) electrons. The predicted octanol–water partition coefficient (Wildman–Crippen LogP) is 2.92. The maximum atomic E-state index is 13.0. The van der Waals surface area contributed by atoms with Gasteiger partial charge >= 0.3 is 0 Å². The van der Waals surface area contributed by atoms with Crippen molar-refractivity contribution in [3.05, 3.63) is 52.1 Å². The molecule has 0 unspecified atom stereocenters. The van der Waals surface area contributed by atoms with Gasteiger partial charge in [0.25, 0.3) is 5.56 Å². The molecule has 1 heterocycles. The molecule has 21 heavy (non-hydrogen) atoms. The molecule has 0 aliphatic heterocycles. The van der Waals surface area contributed by atoms with Crippen LogP contribution in [0.1, 0.15) is 25.3 Å². The van der Waals surface area contributed by atoms with Gasteiger partial charge in [0, 0.05) is 17.7 Å². The Bertz CT molecular complexity index is 714. The summed E-state index contributed by atoms with van der Waals surface area (Å²) < 4.78 is 14.4. The fourth-order valence-corrected chi connectivity index (χ4v) is 2.03. The van der Waals surface area contributed by atoms with Crippen LogP contribution in [0.15, 0.2) is 35.1 Å². The molecular weight excluding hydrogens is 269 g/mol. The molecule has 0 aliphatic carbocycles. The zero-order chi connectivity index (χ0) is 15.2. The lowest BCUT2D eigenvalue weighted by molar-refractivity contribution is 0.541. The van der Waals surface area contributed by atoms with Crippen LogP contribution in [-0.2, 0) is 13.0 Å². The molecule has 2 rings (SSSR count). The molecule has 4 nitrogen and oxygen atoms in total. The maximum absolute atomic E-state index is 13.0. The Morgan fingerprint density at radius 3 is 2.67 bits per heavy atom. The monoisotopic (exact) mass is 285 g/mol. The van der Waals surface area contributed by atoms with E-state index in [4.69, 9.17) is 5.26 Å². The van der Waals surface area contributed by atoms with Crippen LogP contribution < -0.4 is 5.56 Å². The first-order valence-corrected chi connectivity index (χ1v) is 6.89. The topological polar surface area (TPSA) is 58.7 Å². The van der Waals surface area contributed by atoms with Crippen molar-refractivity contribution in [1.29, 1.82) is 5.26 Å². The third kappa shape index (κ3) is 3.54. The first-order chi connectivity index (χ1) is 10.2. The van der Waals surface area contributed by atoms with Crippen molar-refractivity contribution in [2.24, 2.45) is 0 Å². The average Bonchev–Trinajstić information content (AvgIpc) is 2.49. The molecule has 0 saturated carbocycles. The van der Waals surface area contributed by atoms with E-state index in [1.54, 1.807) is 18.2 Å². The first-order valence-electron chi connectivity index (χ1n) is 6.89. The molecule has 1 aromatic carbocycles. The molecule has 0 fully saturated rings. The molecule has 5 heteroatoms. The first kappa shape index (κ1) is 14.9. The second kappa shape index (κ2) is 6.80. The Balaban J connectivity index is 2.50. The van der Waals surface area contributed by atoms with Crippen molar-refractivity contribution < 1.29 is 4.39 Å². The highest BCUT2D eigenvalue weighted by atomic mass is 19.1. The van der Waals surface area contributed by atoms with Crippen LogP contribution in [0.4, 0.5) is 4.39 Å². The van der Waals surface area contributed by atoms with E-state index in [0.29, 0.717) is 17.8 Å². The van der Waals surface area contributed by atoms with Gasteiger partial charge in [0.05, 0.1) is 18.2 Å². The van der Waals surface area contributed by atoms with Gasteiger partial charge in [-0.3, -0.25) is 4.79 Å². The zero-order valence-corrected chi connectivity index (χ0v) is 11.8. The largest absolute Gasteiger partial charge is 0.271 e. The molecule has 0 aliphatic rings. The number of nitriles is 1. The molecule has 0 amide bonds. The fraction of sp³-hybridized carbons (Fsp3) is 0.312. The van der Waals surface area contributed by atoms with Crippen LogP contribution in [0.25, 0.3) is 11.3 Å². The zero-order valence-electron chi connectivity index (χ0n) is 11.8. The molecule has 0 saturated heterocycles. The minimum absolute atomic E-state index is 0.0433. The van der Waals surface area contributed by atoms with E-state index >= 15 is 0 Å². The van der Waals surface area contributed by atoms with Crippen molar-refractivity contribution in [1.82, 2.24) is 9.78 Å². The summed E-state index contributed by atoms with van der Waals surface area (Å²) >= 11 is 0. The predicted molar refractivity (Wildman–Crippen MR) is 78.1 cm³/mol. The van der Waals surface area contributed by atoms with E-state index in [1.807, 2.05) is 13.0 Å². The smallest absolute Gasteiger partial charge is 0.267 e. The molecule has 0 N–H and O–H groups in total. The second-order valence-corrected chi connectivity index (χ2v) is 4.78. The van der Waals surface area contributed by atoms with Gasteiger partial charge in [-0.1, -0.05) is 13.3 Å². The van der Waals surface area contributed by atoms with E-state index in [0.717, 1.165) is 18.4 Å². The van der Waals surface area contributed by atoms with E-state index in [1.165, 1.54) is 16.8 Å². The molecule has 1 aromatic heterocycles. The number of nitrogens with zero attached hydrogens (tertiary/aromatic N) is 3. The third-order valence-electron chi connectivity index (χ3n) is 3.18. The minimum Gasteiger partial charge on any atom is -0.267 e. The summed E-state index contributed by atoms with van der Waals surface area (Å²) in [6, 6.07) is 9.53. The van der Waals surface area contributed by atoms with E-state index < -0.39 is 0 Å². The second-order valence-electron chi connectivity index (χ2n) is 4.78. The van der Waals surface area contributed by atoms with Gasteiger partial charge in [0.15, 0.2) is 0 Å². The van der Waals surface area contributed by atoms with Crippen molar-refractivity contribution in [3.63, 3.8) is 0 Å². The number of hydrogen-bond acceptors (Lipinski definition) is 3. The highest BCUT2D eigenvalue weighted by molar-refractivity contribution is 5.59. The van der Waals surface area contributed by atoms with Gasteiger partial charge < -0.3 is 0 Å². The van der Waals surface area contributed by atoms with Gasteiger partial charge in [0.1, 0.15) is 5.82 Å². The highest BCUT2D eigenvalue weighted by Gasteiger charge is 2.10. The van der Waals surface area contributed by atoms with Crippen LogP contribution in [0.2, 0.25) is 0 Å². The van der Waals surface area contributed by atoms with Gasteiger partial charge in [-0.25, -0.2) is 9.07 Å². The lowest BCUT2D eigenvalue weighted by Gasteiger charge is -2.09. The normalized spacial score (nSPS) is 10.3. The Morgan fingerprint density at radius 1 is 1.33 bits per heavy atom. The molecule has 0 atom stereocenters. The van der Waals surface area contributed by atoms with Crippen molar-refractivity contribution >= 4 is 0 Å². The fourth-order valence-electron chi connectivity index (χ4n) is 2.03. The lowest BCUT2D eigenvalue weighted by atomic mass is 10.1. The summed E-state index contributed by atoms with van der Waals surface area (Å²) in [6.45, 7) is 2.55. The molecule has 2 aromatic rings. The van der Waals surface area contributed by atoms with Crippen LogP contribution in [0.3, 0.4) is 0 Å². The lowest BCUT2D eigenvalue weighted by Crippen LogP contribution is -2.26. The Hall–Kier alpha value is -2.48. The SMILES string of the molecule is CCCCn1nc(-c2ccc(F)cc2)cc(CC#N)c1=O. The number of halogens is 1. The summed E-state index contributed by atoms with van der Waals surface area (Å²) in [5, 5.41) is 13.2. The Morgan fingerprint density at radius 2 is 2.05 bits per heavy atom. The summed E-state index contributed by atoms with van der Waals surface area (Å²) in [5.41, 5.74) is 1.50. The number of hydrogen-bond donors (Lipinski definition) is 0. The number of benzene rings is 1. The summed E-state index contributed by atoms with van der Waals surface area (Å²) in [7, 11) is 0. The third-order valence-corrected chi connectivity index (χ3v) is 3.18. The van der Waals surface area contributed by atoms with E-state index in [9.17, 15) is 9.18 Å². The molecule has 108 valence electrons. The van der Waals surface area contributed by atoms with Crippen molar-refractivity contribution in [2.45, 2.75) is 32.7 Å². The quantitative estimate of drug-likeness (QED) is 0.848. The molecule has 0 spiro atoms. The Labute approximate surface area is 122 Å². The van der Waals surface area contributed by atoms with Gasteiger partial charge in [-0.15, -0.1) is 0 Å². The summed E-state index contributed by atoms with van der Waals surface area (Å²) in [6.07, 6.45) is 1.83. The van der Waals surface area contributed by atoms with Crippen LogP contribution >= 0.6 is 0 Å². The van der Waals surface area contributed by atoms with Crippen LogP contribution in [0.5, 0.6) is 0 Å². The van der Waals surface area contributed by atoms with Gasteiger partial charge in [0.2, 0.25) is 0 Å². The van der Waals surface area contributed by atoms with Crippen LogP contribution in [0, 0.1) is 17.1 Å². The maximum Gasteiger partial charge on any atom is 0.271 e. The number of unbranched alkanes of at least 4 members (excludes halogenated alkanes) is 1. The van der Waals surface area contributed by atoms with Crippen molar-refractivity contribution in [3.8, 4) is 17.3 Å².